The highest BCUT2D eigenvalue weighted by Gasteiger charge is 2.00. The zero-order valence-corrected chi connectivity index (χ0v) is 6.96. The lowest BCUT2D eigenvalue weighted by Gasteiger charge is -2.03. The van der Waals surface area contributed by atoms with Gasteiger partial charge in [0.1, 0.15) is 7.05 Å². The molecule has 1 atom stereocenters. The van der Waals surface area contributed by atoms with Crippen LogP contribution in [0.2, 0.25) is 0 Å². The quantitative estimate of drug-likeness (QED) is 0.601. The molecule has 2 heteroatoms. The summed E-state index contributed by atoms with van der Waals surface area (Å²) in [7, 11) is 1.70. The molecule has 0 amide bonds. The zero-order valence-electron chi connectivity index (χ0n) is 6.96. The van der Waals surface area contributed by atoms with Crippen LogP contribution in [0.15, 0.2) is 24.3 Å². The maximum Gasteiger partial charge on any atom is 0.163 e. The summed E-state index contributed by atoms with van der Waals surface area (Å²) in [6.45, 7) is 2.12. The molecule has 1 unspecified atom stereocenters. The molecule has 1 aromatic carbocycles. The smallest absolute Gasteiger partial charge is 0.163 e. The van der Waals surface area contributed by atoms with Crippen molar-refractivity contribution in [3.8, 4) is 0 Å². The average Bonchev–Trinajstić information content (AvgIpc) is 2.05. The average molecular weight is 152 g/mol. The van der Waals surface area contributed by atoms with Gasteiger partial charge < -0.3 is 0 Å². The normalized spacial score (nSPS) is 13.0. The van der Waals surface area contributed by atoms with Gasteiger partial charge in [0.05, 0.1) is 0 Å². The van der Waals surface area contributed by atoms with Gasteiger partial charge in [-0.05, 0) is 12.0 Å². The maximum absolute atomic E-state index is 9.10. The highest BCUT2D eigenvalue weighted by atomic mass is 16.5. The fraction of sp³-hybridized carbons (Fsp3) is 0.333. The van der Waals surface area contributed by atoms with Crippen molar-refractivity contribution in [3.63, 3.8) is 0 Å². The molecule has 0 aliphatic heterocycles. The summed E-state index contributed by atoms with van der Waals surface area (Å²) in [5.74, 6) is 0. The van der Waals surface area contributed by atoms with E-state index in [0.717, 1.165) is 12.1 Å². The van der Waals surface area contributed by atoms with Crippen molar-refractivity contribution in [2.24, 2.45) is 0 Å². The first-order chi connectivity index (χ1) is 5.24. The van der Waals surface area contributed by atoms with Crippen molar-refractivity contribution in [3.05, 3.63) is 29.8 Å². The lowest BCUT2D eigenvalue weighted by Crippen LogP contribution is -3.01. The van der Waals surface area contributed by atoms with E-state index in [-0.39, 0.29) is 0 Å². The highest BCUT2D eigenvalue weighted by Crippen LogP contribution is 2.04. The fourth-order valence-corrected chi connectivity index (χ4v) is 0.982. The third-order valence-electron chi connectivity index (χ3n) is 1.78. The molecule has 0 aliphatic rings. The Kier molecular flexibility index (Phi) is 2.63. The number of hydroxylamine groups is 1. The van der Waals surface area contributed by atoms with E-state index in [4.69, 9.17) is 5.21 Å². The first-order valence-electron chi connectivity index (χ1n) is 3.86. The molecule has 0 saturated carbocycles. The molecule has 0 heterocycles. The Hall–Kier alpha value is -0.860. The standard InChI is InChI=1S/C9H13NO/c1-3-8-4-6-9(7-5-8)10(2)11/h4-7,11H,3H2,1-2H3/p+1. The van der Waals surface area contributed by atoms with Gasteiger partial charge >= 0.3 is 0 Å². The van der Waals surface area contributed by atoms with Crippen LogP contribution in [0.4, 0.5) is 5.69 Å². The van der Waals surface area contributed by atoms with E-state index in [1.54, 1.807) is 7.05 Å². The minimum Gasteiger partial charge on any atom is -0.214 e. The van der Waals surface area contributed by atoms with Gasteiger partial charge in [-0.2, -0.15) is 5.06 Å². The second kappa shape index (κ2) is 3.51. The van der Waals surface area contributed by atoms with Gasteiger partial charge in [-0.15, -0.1) is 0 Å². The molecule has 0 bridgehead atoms. The predicted molar refractivity (Wildman–Crippen MR) is 44.2 cm³/mol. The third-order valence-corrected chi connectivity index (χ3v) is 1.78. The second-order valence-electron chi connectivity index (χ2n) is 2.64. The molecular formula is C9H14NO+. The van der Waals surface area contributed by atoms with E-state index < -0.39 is 0 Å². The van der Waals surface area contributed by atoms with E-state index in [0.29, 0.717) is 5.06 Å². The molecule has 60 valence electrons. The Labute approximate surface area is 67.0 Å². The molecule has 2 nitrogen and oxygen atoms in total. The summed E-state index contributed by atoms with van der Waals surface area (Å²) in [6, 6.07) is 7.95. The van der Waals surface area contributed by atoms with Gasteiger partial charge in [0.25, 0.3) is 0 Å². The Bertz CT molecular complexity index is 216. The first kappa shape index (κ1) is 8.24. The van der Waals surface area contributed by atoms with Crippen LogP contribution in [-0.2, 0) is 6.42 Å². The summed E-state index contributed by atoms with van der Waals surface area (Å²) in [5, 5.41) is 9.49. The molecule has 0 spiro atoms. The Morgan fingerprint density at radius 1 is 1.27 bits per heavy atom. The van der Waals surface area contributed by atoms with E-state index >= 15 is 0 Å². The summed E-state index contributed by atoms with van der Waals surface area (Å²) in [4.78, 5) is 0. The molecule has 0 saturated heterocycles. The number of quaternary nitrogens is 1. The Morgan fingerprint density at radius 2 is 1.82 bits per heavy atom. The third kappa shape index (κ3) is 2.03. The number of rotatable bonds is 2. The van der Waals surface area contributed by atoms with Gasteiger partial charge in [-0.1, -0.05) is 19.1 Å². The summed E-state index contributed by atoms with van der Waals surface area (Å²) in [5.41, 5.74) is 2.21. The zero-order chi connectivity index (χ0) is 8.27. The molecule has 0 aliphatic carbocycles. The van der Waals surface area contributed by atoms with E-state index in [2.05, 4.69) is 6.92 Å². The molecule has 11 heavy (non-hydrogen) atoms. The van der Waals surface area contributed by atoms with Crippen LogP contribution in [-0.4, -0.2) is 12.3 Å². The van der Waals surface area contributed by atoms with Crippen molar-refractivity contribution in [1.29, 1.82) is 0 Å². The summed E-state index contributed by atoms with van der Waals surface area (Å²) < 4.78 is 0. The van der Waals surface area contributed by atoms with E-state index in [9.17, 15) is 0 Å². The van der Waals surface area contributed by atoms with Gasteiger partial charge in [0, 0.05) is 12.1 Å². The summed E-state index contributed by atoms with van der Waals surface area (Å²) in [6.07, 6.45) is 1.05. The van der Waals surface area contributed by atoms with Gasteiger partial charge in [0.2, 0.25) is 0 Å². The van der Waals surface area contributed by atoms with Crippen LogP contribution >= 0.6 is 0 Å². The largest absolute Gasteiger partial charge is 0.214 e. The molecule has 1 aromatic rings. The van der Waals surface area contributed by atoms with Crippen LogP contribution in [0.1, 0.15) is 12.5 Å². The van der Waals surface area contributed by atoms with Crippen molar-refractivity contribution in [2.45, 2.75) is 13.3 Å². The summed E-state index contributed by atoms with van der Waals surface area (Å²) >= 11 is 0. The van der Waals surface area contributed by atoms with Crippen LogP contribution < -0.4 is 5.06 Å². The fourth-order valence-electron chi connectivity index (χ4n) is 0.982. The molecule has 0 aromatic heterocycles. The van der Waals surface area contributed by atoms with Crippen molar-refractivity contribution in [1.82, 2.24) is 0 Å². The molecule has 1 rings (SSSR count). The molecule has 0 radical (unpaired) electrons. The van der Waals surface area contributed by atoms with Crippen LogP contribution in [0, 0.1) is 0 Å². The van der Waals surface area contributed by atoms with Crippen molar-refractivity contribution < 1.29 is 10.3 Å². The number of hydrogen-bond acceptors (Lipinski definition) is 1. The van der Waals surface area contributed by atoms with Gasteiger partial charge in [-0.25, -0.2) is 5.21 Å². The predicted octanol–water partition coefficient (Wildman–Crippen LogP) is 0.784. The van der Waals surface area contributed by atoms with Crippen LogP contribution in [0.25, 0.3) is 0 Å². The van der Waals surface area contributed by atoms with Gasteiger partial charge in [-0.3, -0.25) is 0 Å². The topological polar surface area (TPSA) is 24.7 Å². The first-order valence-corrected chi connectivity index (χ1v) is 3.86. The highest BCUT2D eigenvalue weighted by molar-refractivity contribution is 5.31. The minimum absolute atomic E-state index is 0.382. The van der Waals surface area contributed by atoms with Crippen molar-refractivity contribution >= 4 is 5.69 Å². The SMILES string of the molecule is CCc1ccc([NH+](C)O)cc1. The van der Waals surface area contributed by atoms with Crippen LogP contribution in [0.5, 0.6) is 0 Å². The van der Waals surface area contributed by atoms with Gasteiger partial charge in [0.15, 0.2) is 5.69 Å². The van der Waals surface area contributed by atoms with E-state index in [1.165, 1.54) is 5.56 Å². The number of benzene rings is 1. The Morgan fingerprint density at radius 3 is 2.18 bits per heavy atom. The monoisotopic (exact) mass is 152 g/mol. The maximum atomic E-state index is 9.10. The molecule has 0 fully saturated rings. The lowest BCUT2D eigenvalue weighted by molar-refractivity contribution is -1.02. The lowest BCUT2D eigenvalue weighted by atomic mass is 10.1. The van der Waals surface area contributed by atoms with Crippen LogP contribution in [0.3, 0.4) is 0 Å². The second-order valence-corrected chi connectivity index (χ2v) is 2.64. The number of hydrogen-bond donors (Lipinski definition) is 2. The molecule has 2 N–H and O–H groups in total. The number of aryl methyl sites for hydroxylation is 1. The minimum atomic E-state index is 0.382. The molecular weight excluding hydrogens is 138 g/mol. The van der Waals surface area contributed by atoms with E-state index in [1.807, 2.05) is 24.3 Å². The van der Waals surface area contributed by atoms with Crippen molar-refractivity contribution in [2.75, 3.05) is 7.05 Å². The number of nitrogens with one attached hydrogen (secondary N) is 1. The Balaban J connectivity index is 2.83.